The number of benzene rings is 3. The summed E-state index contributed by atoms with van der Waals surface area (Å²) in [6, 6.07) is 22.3. The molecule has 0 aliphatic carbocycles. The van der Waals surface area contributed by atoms with Crippen molar-refractivity contribution in [2.45, 2.75) is 30.3 Å². The van der Waals surface area contributed by atoms with Gasteiger partial charge in [-0.05, 0) is 55.5 Å². The average Bonchev–Trinajstić information content (AvgIpc) is 3.13. The second-order valence-electron chi connectivity index (χ2n) is 7.72. The molecule has 0 spiro atoms. The average molecular weight is 515 g/mol. The van der Waals surface area contributed by atoms with Gasteiger partial charge in [0.2, 0.25) is 10.7 Å². The zero-order chi connectivity index (χ0) is 25.0. The fourth-order valence-corrected chi connectivity index (χ4v) is 4.56. The molecule has 1 N–H and O–H groups in total. The Balaban J connectivity index is 1.60. The van der Waals surface area contributed by atoms with Crippen molar-refractivity contribution in [3.05, 3.63) is 101 Å². The first kappa shape index (κ1) is 24.7. The van der Waals surface area contributed by atoms with Crippen LogP contribution in [0.1, 0.15) is 17.0 Å². The van der Waals surface area contributed by atoms with Crippen LogP contribution in [0, 0.1) is 11.7 Å². The van der Waals surface area contributed by atoms with E-state index in [0.29, 0.717) is 11.6 Å². The first-order valence-corrected chi connectivity index (χ1v) is 12.0. The van der Waals surface area contributed by atoms with E-state index in [4.69, 9.17) is 12.2 Å². The lowest BCUT2D eigenvalue weighted by Crippen LogP contribution is -2.22. The number of nitrogens with one attached hydrogen (secondary N) is 1. The minimum Gasteiger partial charge on any atom is -0.324 e. The van der Waals surface area contributed by atoms with Gasteiger partial charge in [0.1, 0.15) is 12.4 Å². The lowest BCUT2D eigenvalue weighted by molar-refractivity contribution is -0.137. The van der Waals surface area contributed by atoms with Crippen LogP contribution in [0.2, 0.25) is 0 Å². The number of carbonyl (C=O) groups excluding carboxylic acids is 1. The first-order valence-electron chi connectivity index (χ1n) is 10.6. The van der Waals surface area contributed by atoms with Crippen LogP contribution in [0.15, 0.2) is 83.8 Å². The Morgan fingerprint density at radius 1 is 1.00 bits per heavy atom. The highest BCUT2D eigenvalue weighted by Gasteiger charge is 2.33. The molecule has 0 bridgehead atoms. The fraction of sp³-hybridized carbons (Fsp3) is 0.160. The normalized spacial score (nSPS) is 11.4. The summed E-state index contributed by atoms with van der Waals surface area (Å²) in [7, 11) is 0. The molecule has 4 aromatic rings. The number of thioether (sulfide) groups is 1. The van der Waals surface area contributed by atoms with E-state index in [1.54, 1.807) is 16.3 Å². The molecule has 0 atom stereocenters. The van der Waals surface area contributed by atoms with Gasteiger partial charge in [0.15, 0.2) is 0 Å². The zero-order valence-electron chi connectivity index (χ0n) is 18.6. The number of hydrogen-bond donors (Lipinski definition) is 1. The Bertz CT molecular complexity index is 1380. The van der Waals surface area contributed by atoms with Crippen LogP contribution in [-0.4, -0.2) is 20.3 Å². The van der Waals surface area contributed by atoms with Gasteiger partial charge < -0.3 is 5.32 Å². The number of aryl methyl sites for hydroxylation is 1. The molecule has 0 aliphatic heterocycles. The van der Waals surface area contributed by atoms with Gasteiger partial charge in [-0.15, -0.1) is 11.8 Å². The Labute approximate surface area is 209 Å². The van der Waals surface area contributed by atoms with Crippen molar-refractivity contribution >= 4 is 35.6 Å². The van der Waals surface area contributed by atoms with Crippen LogP contribution >= 0.6 is 24.0 Å². The van der Waals surface area contributed by atoms with Gasteiger partial charge >= 0.3 is 6.18 Å². The van der Waals surface area contributed by atoms with Gasteiger partial charge in [-0.3, -0.25) is 9.36 Å². The summed E-state index contributed by atoms with van der Waals surface area (Å²) in [6.07, 6.45) is -4.59. The van der Waals surface area contributed by atoms with Crippen LogP contribution in [-0.2, 0) is 23.3 Å². The highest BCUT2D eigenvalue weighted by atomic mass is 32.2. The highest BCUT2D eigenvalue weighted by molar-refractivity contribution is 7.98. The van der Waals surface area contributed by atoms with Gasteiger partial charge in [0, 0.05) is 10.6 Å². The quantitative estimate of drug-likeness (QED) is 0.221. The molecule has 35 heavy (non-hydrogen) atoms. The number of carbonyl (C=O) groups is 1. The van der Waals surface area contributed by atoms with Crippen LogP contribution in [0.3, 0.4) is 0 Å². The maximum Gasteiger partial charge on any atom is 0.418 e. The number of para-hydroxylation sites is 2. The highest BCUT2D eigenvalue weighted by Crippen LogP contribution is 2.34. The van der Waals surface area contributed by atoms with E-state index in [1.807, 2.05) is 61.5 Å². The number of amides is 1. The lowest BCUT2D eigenvalue weighted by atomic mass is 10.1. The van der Waals surface area contributed by atoms with Crippen molar-refractivity contribution in [2.75, 3.05) is 5.32 Å². The van der Waals surface area contributed by atoms with Crippen molar-refractivity contribution in [2.24, 2.45) is 0 Å². The number of anilines is 1. The summed E-state index contributed by atoms with van der Waals surface area (Å²) >= 11 is 7.18. The molecule has 1 amide bonds. The van der Waals surface area contributed by atoms with Crippen molar-refractivity contribution < 1.29 is 18.0 Å². The van der Waals surface area contributed by atoms with Crippen LogP contribution in [0.5, 0.6) is 0 Å². The van der Waals surface area contributed by atoms with E-state index in [-0.39, 0.29) is 17.0 Å². The number of alkyl halides is 3. The molecule has 3 aromatic carbocycles. The van der Waals surface area contributed by atoms with E-state index >= 15 is 0 Å². The van der Waals surface area contributed by atoms with Crippen molar-refractivity contribution in [3.63, 3.8) is 0 Å². The van der Waals surface area contributed by atoms with E-state index in [1.165, 1.54) is 22.9 Å². The van der Waals surface area contributed by atoms with Crippen LogP contribution in [0.4, 0.5) is 18.9 Å². The second kappa shape index (κ2) is 10.5. The predicted molar refractivity (Wildman–Crippen MR) is 133 cm³/mol. The van der Waals surface area contributed by atoms with Crippen LogP contribution < -0.4 is 5.32 Å². The Hall–Kier alpha value is -3.37. The van der Waals surface area contributed by atoms with Gasteiger partial charge in [-0.25, -0.2) is 4.68 Å². The molecular weight excluding hydrogens is 493 g/mol. The molecule has 1 heterocycles. The number of hydrogen-bond acceptors (Lipinski definition) is 4. The SMILES string of the molecule is Cc1ccc(SCc2nn(CC(=O)Nc3ccccc3C(F)(F)F)c(=S)n2-c2ccccc2)cc1. The summed E-state index contributed by atoms with van der Waals surface area (Å²) in [6.45, 7) is 1.69. The van der Waals surface area contributed by atoms with E-state index in [2.05, 4.69) is 10.4 Å². The summed E-state index contributed by atoms with van der Waals surface area (Å²) in [5.41, 5.74) is 0.714. The number of rotatable bonds is 7. The Morgan fingerprint density at radius 2 is 1.66 bits per heavy atom. The maximum absolute atomic E-state index is 13.3. The maximum atomic E-state index is 13.3. The van der Waals surface area contributed by atoms with Gasteiger partial charge in [-0.1, -0.05) is 48.0 Å². The molecule has 4 rings (SSSR count). The standard InChI is InChI=1S/C25H21F3N4OS2/c1-17-11-13-19(14-12-17)35-16-22-30-31(24(34)32(22)18-7-3-2-4-8-18)15-23(33)29-21-10-6-5-9-20(21)25(26,27)28/h2-14H,15-16H2,1H3,(H,29,33). The second-order valence-corrected chi connectivity index (χ2v) is 9.13. The molecule has 10 heteroatoms. The van der Waals surface area contributed by atoms with E-state index < -0.39 is 17.6 Å². The van der Waals surface area contributed by atoms with Gasteiger partial charge in [0.05, 0.1) is 17.0 Å². The van der Waals surface area contributed by atoms with Crippen LogP contribution in [0.25, 0.3) is 5.69 Å². The van der Waals surface area contributed by atoms with E-state index in [9.17, 15) is 18.0 Å². The minimum atomic E-state index is -4.59. The molecule has 0 fully saturated rings. The predicted octanol–water partition coefficient (Wildman–Crippen LogP) is 6.66. The molecular formula is C25H21F3N4OS2. The topological polar surface area (TPSA) is 51.9 Å². The minimum absolute atomic E-state index is 0.273. The summed E-state index contributed by atoms with van der Waals surface area (Å²) in [5.74, 6) is 0.441. The third kappa shape index (κ3) is 6.01. The molecule has 0 saturated carbocycles. The van der Waals surface area contributed by atoms with Crippen molar-refractivity contribution in [1.29, 1.82) is 0 Å². The third-order valence-electron chi connectivity index (χ3n) is 5.11. The lowest BCUT2D eigenvalue weighted by Gasteiger charge is -2.13. The summed E-state index contributed by atoms with van der Waals surface area (Å²) in [4.78, 5) is 13.7. The van der Waals surface area contributed by atoms with E-state index in [0.717, 1.165) is 22.2 Å². The fourth-order valence-electron chi connectivity index (χ4n) is 3.43. The first-order chi connectivity index (χ1) is 16.7. The molecule has 1 aromatic heterocycles. The van der Waals surface area contributed by atoms with Gasteiger partial charge in [0.25, 0.3) is 0 Å². The molecule has 5 nitrogen and oxygen atoms in total. The molecule has 180 valence electrons. The molecule has 0 aliphatic rings. The largest absolute Gasteiger partial charge is 0.418 e. The number of nitrogens with zero attached hydrogens (tertiary/aromatic N) is 3. The van der Waals surface area contributed by atoms with Gasteiger partial charge in [-0.2, -0.15) is 18.3 Å². The number of halogens is 3. The molecule has 0 unspecified atom stereocenters. The number of aromatic nitrogens is 3. The molecule has 0 saturated heterocycles. The summed E-state index contributed by atoms with van der Waals surface area (Å²) < 4.78 is 43.2. The summed E-state index contributed by atoms with van der Waals surface area (Å²) in [5, 5.41) is 6.89. The smallest absolute Gasteiger partial charge is 0.324 e. The Morgan fingerprint density at radius 3 is 2.34 bits per heavy atom. The zero-order valence-corrected chi connectivity index (χ0v) is 20.3. The third-order valence-corrected chi connectivity index (χ3v) is 6.51. The van der Waals surface area contributed by atoms with Crippen molar-refractivity contribution in [1.82, 2.24) is 14.3 Å². The monoisotopic (exact) mass is 514 g/mol. The Kier molecular flexibility index (Phi) is 7.42. The molecule has 0 radical (unpaired) electrons. The van der Waals surface area contributed by atoms with Crippen molar-refractivity contribution in [3.8, 4) is 5.69 Å².